The van der Waals surface area contributed by atoms with Crippen LogP contribution in [-0.4, -0.2) is 109 Å². The van der Waals surface area contributed by atoms with Gasteiger partial charge in [-0.25, -0.2) is 0 Å². The monoisotopic (exact) mass is 1070 g/mol. The van der Waals surface area contributed by atoms with Gasteiger partial charge in [0.1, 0.15) is 17.2 Å². The lowest BCUT2D eigenvalue weighted by atomic mass is 10.2. The van der Waals surface area contributed by atoms with Crippen molar-refractivity contribution in [3.8, 4) is 17.2 Å². The highest BCUT2D eigenvalue weighted by atomic mass is 32.2. The van der Waals surface area contributed by atoms with E-state index in [0.29, 0.717) is 37.1 Å². The Balaban J connectivity index is 0. The second-order valence-corrected chi connectivity index (χ2v) is 33.7. The van der Waals surface area contributed by atoms with Gasteiger partial charge in [-0.1, -0.05) is 54.6 Å². The summed E-state index contributed by atoms with van der Waals surface area (Å²) in [6, 6.07) is 28.3. The second kappa shape index (κ2) is 40.1. The smallest absolute Gasteiger partial charge is 0.490 e. The van der Waals surface area contributed by atoms with Gasteiger partial charge < -0.3 is 54.9 Å². The molecule has 23 heteroatoms. The molecule has 0 amide bonds. The lowest BCUT2D eigenvalue weighted by molar-refractivity contribution is 0.0334. The summed E-state index contributed by atoms with van der Waals surface area (Å²) in [4.78, 5) is 0. The largest absolute Gasteiger partial charge is 0.864 e. The molecule has 0 fully saturated rings. The zero-order chi connectivity index (χ0) is 54.6. The van der Waals surface area contributed by atoms with Gasteiger partial charge >= 0.3 is 40.6 Å². The Hall–Kier alpha value is -2.32. The molecule has 71 heavy (non-hydrogen) atoms. The molecule has 404 valence electrons. The van der Waals surface area contributed by atoms with Gasteiger partial charge in [0.15, 0.2) is 25.0 Å². The SMILES string of the molecule is CC(C)OB(OC(C)C)OC(C)C.CC(C)OS(=O)OC(C)C.CCOB(OCC)OCC.C[Si](C)(C)OB(O[Si](C)(C)C)O[Si](C)(C)C.c1ccc(OB(Oc2ccccc2)Oc2ccccc2)cc1. The molecule has 0 spiro atoms. The maximum absolute atomic E-state index is 10.7. The first kappa shape index (κ1) is 70.8. The molecule has 0 saturated heterocycles. The van der Waals surface area contributed by atoms with Gasteiger partial charge in [-0.2, -0.15) is 4.21 Å². The van der Waals surface area contributed by atoms with E-state index in [1.807, 2.05) is 181 Å². The molecule has 0 heterocycles. The lowest BCUT2D eigenvalue weighted by Gasteiger charge is -2.31. The summed E-state index contributed by atoms with van der Waals surface area (Å²) in [7, 11) is -7.21. The molecule has 0 saturated carbocycles. The highest BCUT2D eigenvalue weighted by Crippen LogP contribution is 2.19. The topological polar surface area (TPSA) is 146 Å². The Morgan fingerprint density at radius 3 is 0.831 bits per heavy atom. The van der Waals surface area contributed by atoms with E-state index in [9.17, 15) is 4.21 Å². The summed E-state index contributed by atoms with van der Waals surface area (Å²) in [5.41, 5.74) is 0. The Labute approximate surface area is 438 Å². The standard InChI is InChI=1S/C18H15BO3.C9H27BO3Si3.C9H21BO3.C6H15BO3.C6H14O3S/c1-4-10-16(11-5-1)20-19(21-17-12-6-2-7-13-17)22-18-14-8-3-9-15-18;1-14(2,3)11-10(12-15(4,5)6)13-16(7,8)9;1-7(2)11-10(12-8(3)4)13-9(5)6;1-4-8-7(9-5-2)10-6-3;1-5(2)8-10(7)9-6(3)4/h1-15H;1-9H3;7-9H,1-6H3;4-6H2,1-3H3;5-6H,1-4H3. The van der Waals surface area contributed by atoms with Crippen LogP contribution < -0.4 is 14.0 Å². The Morgan fingerprint density at radius 1 is 0.380 bits per heavy atom. The fourth-order valence-electron chi connectivity index (χ4n) is 4.49. The van der Waals surface area contributed by atoms with Crippen molar-refractivity contribution in [3.05, 3.63) is 91.0 Å². The summed E-state index contributed by atoms with van der Waals surface area (Å²) >= 11 is -1.58. The van der Waals surface area contributed by atoms with Crippen molar-refractivity contribution >= 4 is 65.6 Å². The van der Waals surface area contributed by atoms with Crippen LogP contribution in [0.1, 0.15) is 90.0 Å². The van der Waals surface area contributed by atoms with E-state index >= 15 is 0 Å². The van der Waals surface area contributed by atoms with Crippen molar-refractivity contribution < 1.29 is 67.5 Å². The molecule has 0 radical (unpaired) electrons. The summed E-state index contributed by atoms with van der Waals surface area (Å²) in [5.74, 6) is 2.04. The molecule has 0 N–H and O–H groups in total. The van der Waals surface area contributed by atoms with Crippen molar-refractivity contribution in [2.45, 2.75) is 179 Å². The third kappa shape index (κ3) is 48.4. The number of hydrogen-bond acceptors (Lipinski definition) is 15. The second-order valence-electron chi connectivity index (χ2n) is 19.6. The van der Waals surface area contributed by atoms with Crippen LogP contribution in [0.5, 0.6) is 17.2 Å². The van der Waals surface area contributed by atoms with E-state index < -0.39 is 65.6 Å². The molecule has 0 atom stereocenters. The maximum Gasteiger partial charge on any atom is 0.864 e. The van der Waals surface area contributed by atoms with E-state index in [1.165, 1.54) is 0 Å². The van der Waals surface area contributed by atoms with E-state index in [1.54, 1.807) is 0 Å². The van der Waals surface area contributed by atoms with Crippen LogP contribution in [0.25, 0.3) is 0 Å². The van der Waals surface area contributed by atoms with E-state index in [-0.39, 0.29) is 30.5 Å². The van der Waals surface area contributed by atoms with Crippen LogP contribution in [0.3, 0.4) is 0 Å². The fraction of sp³-hybridized carbons (Fsp3) is 0.625. The maximum atomic E-state index is 10.7. The van der Waals surface area contributed by atoms with Crippen molar-refractivity contribution in [1.29, 1.82) is 0 Å². The van der Waals surface area contributed by atoms with Gasteiger partial charge in [-0.3, -0.25) is 8.37 Å². The quantitative estimate of drug-likeness (QED) is 0.0635. The zero-order valence-corrected chi connectivity index (χ0v) is 51.3. The number of benzene rings is 3. The fourth-order valence-corrected chi connectivity index (χ4v) is 7.48. The molecule has 15 nitrogen and oxygen atoms in total. The first-order valence-corrected chi connectivity index (χ1v) is 35.9. The molecular formula is C48H92B4O15SSi3. The van der Waals surface area contributed by atoms with Crippen LogP contribution in [0, 0.1) is 0 Å². The molecule has 0 aliphatic carbocycles. The van der Waals surface area contributed by atoms with Gasteiger partial charge in [0.2, 0.25) is 0 Å². The van der Waals surface area contributed by atoms with E-state index in [2.05, 4.69) is 58.9 Å². The van der Waals surface area contributed by atoms with Gasteiger partial charge in [-0.05, 0) is 185 Å². The highest BCUT2D eigenvalue weighted by Gasteiger charge is 2.37. The molecule has 3 aromatic rings. The molecule has 0 aliphatic rings. The average molecular weight is 1070 g/mol. The minimum absolute atomic E-state index is 0.0559. The summed E-state index contributed by atoms with van der Waals surface area (Å²) in [6.45, 7) is 45.9. The predicted molar refractivity (Wildman–Crippen MR) is 302 cm³/mol. The average Bonchev–Trinajstić information content (AvgIpc) is 3.20. The van der Waals surface area contributed by atoms with Crippen LogP contribution in [-0.2, 0) is 60.7 Å². The predicted octanol–water partition coefficient (Wildman–Crippen LogP) is 12.5. The molecule has 0 unspecified atom stereocenters. The van der Waals surface area contributed by atoms with Crippen molar-refractivity contribution in [1.82, 2.24) is 0 Å². The van der Waals surface area contributed by atoms with E-state index in [4.69, 9.17) is 63.3 Å². The number of rotatable bonds is 28. The third-order valence-corrected chi connectivity index (χ3v) is 10.7. The highest BCUT2D eigenvalue weighted by molar-refractivity contribution is 7.75. The van der Waals surface area contributed by atoms with Gasteiger partial charge in [0.05, 0.1) is 12.2 Å². The van der Waals surface area contributed by atoms with Gasteiger partial charge in [0.25, 0.3) is 0 Å². The van der Waals surface area contributed by atoms with Crippen molar-refractivity contribution in [2.75, 3.05) is 19.8 Å². The Kier molecular flexibility index (Phi) is 39.9. The Bertz CT molecular complexity index is 1510. The normalized spacial score (nSPS) is 11.4. The lowest BCUT2D eigenvalue weighted by Crippen LogP contribution is -2.49. The van der Waals surface area contributed by atoms with Crippen molar-refractivity contribution in [3.63, 3.8) is 0 Å². The minimum Gasteiger partial charge on any atom is -0.490 e. The first-order chi connectivity index (χ1) is 33.0. The van der Waals surface area contributed by atoms with Gasteiger partial charge in [0, 0.05) is 38.1 Å². The van der Waals surface area contributed by atoms with Crippen LogP contribution in [0.4, 0.5) is 0 Å². The molecule has 0 aliphatic heterocycles. The third-order valence-electron chi connectivity index (χ3n) is 6.88. The summed E-state index contributed by atoms with van der Waals surface area (Å²) in [5, 5.41) is 0. The Morgan fingerprint density at radius 2 is 0.634 bits per heavy atom. The van der Waals surface area contributed by atoms with Crippen LogP contribution in [0.15, 0.2) is 91.0 Å². The molecule has 3 aromatic carbocycles. The molecule has 0 aromatic heterocycles. The molecular weight excluding hydrogens is 976 g/mol. The van der Waals surface area contributed by atoms with Crippen LogP contribution in [0.2, 0.25) is 58.9 Å². The van der Waals surface area contributed by atoms with Crippen molar-refractivity contribution in [2.24, 2.45) is 0 Å². The van der Waals surface area contributed by atoms with Gasteiger partial charge in [-0.15, -0.1) is 0 Å². The molecule has 0 bridgehead atoms. The first-order valence-electron chi connectivity index (χ1n) is 24.7. The van der Waals surface area contributed by atoms with E-state index in [0.717, 1.165) is 0 Å². The minimum atomic E-state index is -1.63. The number of para-hydroxylation sites is 3. The summed E-state index contributed by atoms with van der Waals surface area (Å²) in [6.07, 6.45) is 0.228. The summed E-state index contributed by atoms with van der Waals surface area (Å²) < 4.78 is 87.1. The zero-order valence-electron chi connectivity index (χ0n) is 47.5. The molecule has 3 rings (SSSR count). The number of hydrogen-bond donors (Lipinski definition) is 0. The van der Waals surface area contributed by atoms with Crippen LogP contribution >= 0.6 is 0 Å².